The number of carbonyl (C=O) groups is 1. The average molecular weight is 312 g/mol. The Morgan fingerprint density at radius 1 is 1.32 bits per heavy atom. The van der Waals surface area contributed by atoms with Gasteiger partial charge in [-0.25, -0.2) is 0 Å². The molecule has 0 unspecified atom stereocenters. The SMILES string of the molecule is CC(C)[C@H](C)N(CC(F)(F)F)C(=O)c1cccc(CC#N)c1. The monoisotopic (exact) mass is 312 g/mol. The fraction of sp³-hybridized carbons (Fsp3) is 0.500. The Morgan fingerprint density at radius 2 is 1.95 bits per heavy atom. The highest BCUT2D eigenvalue weighted by Gasteiger charge is 2.36. The van der Waals surface area contributed by atoms with E-state index in [0.29, 0.717) is 5.56 Å². The number of carbonyl (C=O) groups excluding carboxylic acids is 1. The lowest BCUT2D eigenvalue weighted by atomic mass is 10.0. The highest BCUT2D eigenvalue weighted by atomic mass is 19.4. The number of hydrogen-bond donors (Lipinski definition) is 0. The first kappa shape index (κ1) is 18.0. The second-order valence-electron chi connectivity index (χ2n) is 5.57. The molecular weight excluding hydrogens is 293 g/mol. The highest BCUT2D eigenvalue weighted by molar-refractivity contribution is 5.94. The Hall–Kier alpha value is -2.03. The molecule has 1 rings (SSSR count). The summed E-state index contributed by atoms with van der Waals surface area (Å²) >= 11 is 0. The maximum atomic E-state index is 12.8. The summed E-state index contributed by atoms with van der Waals surface area (Å²) in [6.07, 6.45) is -4.34. The van der Waals surface area contributed by atoms with Gasteiger partial charge in [0.2, 0.25) is 0 Å². The van der Waals surface area contributed by atoms with E-state index in [1.165, 1.54) is 12.1 Å². The van der Waals surface area contributed by atoms with Crippen molar-refractivity contribution < 1.29 is 18.0 Å². The highest BCUT2D eigenvalue weighted by Crippen LogP contribution is 2.23. The number of amides is 1. The molecular formula is C16H19F3N2O. The molecule has 0 heterocycles. The number of hydrogen-bond acceptors (Lipinski definition) is 2. The summed E-state index contributed by atoms with van der Waals surface area (Å²) in [4.78, 5) is 13.3. The van der Waals surface area contributed by atoms with E-state index >= 15 is 0 Å². The lowest BCUT2D eigenvalue weighted by molar-refractivity contribution is -0.145. The standard InChI is InChI=1S/C16H19F3N2O/c1-11(2)12(3)21(10-16(17,18)19)15(22)14-6-4-5-13(9-14)7-8-20/h4-6,9,11-12H,7,10H2,1-3H3/t12-/m0/s1. The van der Waals surface area contributed by atoms with Crippen molar-refractivity contribution in [2.45, 2.75) is 39.4 Å². The first-order valence-corrected chi connectivity index (χ1v) is 6.99. The van der Waals surface area contributed by atoms with Gasteiger partial charge in [0.1, 0.15) is 6.54 Å². The smallest absolute Gasteiger partial charge is 0.327 e. The number of nitrogens with zero attached hydrogens (tertiary/aromatic N) is 2. The van der Waals surface area contributed by atoms with E-state index in [1.54, 1.807) is 32.9 Å². The summed E-state index contributed by atoms with van der Waals surface area (Å²) in [5, 5.41) is 8.68. The summed E-state index contributed by atoms with van der Waals surface area (Å²) in [6, 6.07) is 7.59. The van der Waals surface area contributed by atoms with E-state index in [4.69, 9.17) is 5.26 Å². The molecule has 0 spiro atoms. The molecule has 0 aliphatic rings. The second kappa shape index (κ2) is 7.30. The molecule has 0 saturated carbocycles. The van der Waals surface area contributed by atoms with E-state index in [-0.39, 0.29) is 17.9 Å². The van der Waals surface area contributed by atoms with Crippen LogP contribution >= 0.6 is 0 Å². The number of alkyl halides is 3. The quantitative estimate of drug-likeness (QED) is 0.830. The van der Waals surface area contributed by atoms with Crippen molar-refractivity contribution in [1.29, 1.82) is 5.26 Å². The zero-order chi connectivity index (χ0) is 16.9. The van der Waals surface area contributed by atoms with Crippen molar-refractivity contribution >= 4 is 5.91 Å². The van der Waals surface area contributed by atoms with E-state index in [1.807, 2.05) is 6.07 Å². The molecule has 0 aliphatic heterocycles. The molecule has 6 heteroatoms. The van der Waals surface area contributed by atoms with Gasteiger partial charge in [0, 0.05) is 11.6 Å². The van der Waals surface area contributed by atoms with Gasteiger partial charge < -0.3 is 4.90 Å². The number of halogens is 3. The second-order valence-corrected chi connectivity index (χ2v) is 5.57. The first-order chi connectivity index (χ1) is 10.2. The molecule has 0 aliphatic carbocycles. The molecule has 0 aromatic heterocycles. The van der Waals surface area contributed by atoms with E-state index in [2.05, 4.69) is 0 Å². The zero-order valence-electron chi connectivity index (χ0n) is 12.8. The van der Waals surface area contributed by atoms with Crippen LogP contribution in [0.5, 0.6) is 0 Å². The normalized spacial score (nSPS) is 12.8. The van der Waals surface area contributed by atoms with Gasteiger partial charge in [0.15, 0.2) is 0 Å². The van der Waals surface area contributed by atoms with Gasteiger partial charge in [0.05, 0.1) is 12.5 Å². The van der Waals surface area contributed by atoms with Gasteiger partial charge in [-0.2, -0.15) is 18.4 Å². The van der Waals surface area contributed by atoms with Crippen LogP contribution in [0.4, 0.5) is 13.2 Å². The molecule has 0 fully saturated rings. The van der Waals surface area contributed by atoms with Crippen LogP contribution in [0.2, 0.25) is 0 Å². The van der Waals surface area contributed by atoms with Gasteiger partial charge in [-0.05, 0) is 30.5 Å². The summed E-state index contributed by atoms with van der Waals surface area (Å²) in [5.41, 5.74) is 0.780. The van der Waals surface area contributed by atoms with Gasteiger partial charge in [-0.15, -0.1) is 0 Å². The fourth-order valence-electron chi connectivity index (χ4n) is 2.03. The molecule has 1 atom stereocenters. The van der Waals surface area contributed by atoms with Crippen LogP contribution in [0.3, 0.4) is 0 Å². The van der Waals surface area contributed by atoms with Crippen LogP contribution in [-0.2, 0) is 6.42 Å². The molecule has 22 heavy (non-hydrogen) atoms. The van der Waals surface area contributed by atoms with Crippen molar-refractivity contribution in [1.82, 2.24) is 4.90 Å². The van der Waals surface area contributed by atoms with Crippen LogP contribution in [0.1, 0.15) is 36.7 Å². The number of rotatable bonds is 5. The third-order valence-electron chi connectivity index (χ3n) is 3.52. The van der Waals surface area contributed by atoms with Crippen LogP contribution in [0.15, 0.2) is 24.3 Å². The van der Waals surface area contributed by atoms with Gasteiger partial charge >= 0.3 is 6.18 Å². The minimum atomic E-state index is -4.46. The molecule has 1 aromatic rings. The molecule has 0 saturated heterocycles. The lowest BCUT2D eigenvalue weighted by Crippen LogP contribution is -2.46. The largest absolute Gasteiger partial charge is 0.406 e. The maximum absolute atomic E-state index is 12.8. The Labute approximate surface area is 128 Å². The van der Waals surface area contributed by atoms with Crippen molar-refractivity contribution in [3.05, 3.63) is 35.4 Å². The number of nitriles is 1. The summed E-state index contributed by atoms with van der Waals surface area (Å²) in [6.45, 7) is 3.86. The van der Waals surface area contributed by atoms with Crippen molar-refractivity contribution in [2.24, 2.45) is 5.92 Å². The van der Waals surface area contributed by atoms with Crippen LogP contribution < -0.4 is 0 Å². The maximum Gasteiger partial charge on any atom is 0.406 e. The van der Waals surface area contributed by atoms with E-state index < -0.39 is 24.7 Å². The average Bonchev–Trinajstić information content (AvgIpc) is 2.43. The Kier molecular flexibility index (Phi) is 5.98. The predicted molar refractivity (Wildman–Crippen MR) is 77.2 cm³/mol. The molecule has 0 N–H and O–H groups in total. The van der Waals surface area contributed by atoms with Gasteiger partial charge in [-0.1, -0.05) is 26.0 Å². The number of benzene rings is 1. The molecule has 1 amide bonds. The van der Waals surface area contributed by atoms with Gasteiger partial charge in [-0.3, -0.25) is 4.79 Å². The lowest BCUT2D eigenvalue weighted by Gasteiger charge is -2.32. The molecule has 0 radical (unpaired) electrons. The van der Waals surface area contributed by atoms with E-state index in [9.17, 15) is 18.0 Å². The topological polar surface area (TPSA) is 44.1 Å². The van der Waals surface area contributed by atoms with Gasteiger partial charge in [0.25, 0.3) is 5.91 Å². The Balaban J connectivity index is 3.11. The first-order valence-electron chi connectivity index (χ1n) is 6.99. The predicted octanol–water partition coefficient (Wildman–Crippen LogP) is 3.80. The molecule has 1 aromatic carbocycles. The van der Waals surface area contributed by atoms with Crippen molar-refractivity contribution in [3.63, 3.8) is 0 Å². The Bertz CT molecular complexity index is 561. The summed E-state index contributed by atoms with van der Waals surface area (Å²) < 4.78 is 38.3. The van der Waals surface area contributed by atoms with Crippen LogP contribution in [-0.4, -0.2) is 29.6 Å². The third kappa shape index (κ3) is 5.06. The molecule has 3 nitrogen and oxygen atoms in total. The minimum absolute atomic E-state index is 0.103. The van der Waals surface area contributed by atoms with Crippen molar-refractivity contribution in [2.75, 3.05) is 6.54 Å². The molecule has 0 bridgehead atoms. The minimum Gasteiger partial charge on any atom is -0.327 e. The zero-order valence-corrected chi connectivity index (χ0v) is 12.8. The fourth-order valence-corrected chi connectivity index (χ4v) is 2.03. The van der Waals surface area contributed by atoms with Crippen molar-refractivity contribution in [3.8, 4) is 6.07 Å². The summed E-state index contributed by atoms with van der Waals surface area (Å²) in [7, 11) is 0. The molecule has 120 valence electrons. The van der Waals surface area contributed by atoms with Crippen LogP contribution in [0, 0.1) is 17.2 Å². The third-order valence-corrected chi connectivity index (χ3v) is 3.52. The Morgan fingerprint density at radius 3 is 2.45 bits per heavy atom. The summed E-state index contributed by atoms with van der Waals surface area (Å²) in [5.74, 6) is -0.771. The van der Waals surface area contributed by atoms with E-state index in [0.717, 1.165) is 4.90 Å². The van der Waals surface area contributed by atoms with Crippen LogP contribution in [0.25, 0.3) is 0 Å².